The third-order valence-corrected chi connectivity index (χ3v) is 4.70. The second kappa shape index (κ2) is 15.6. The van der Waals surface area contributed by atoms with Gasteiger partial charge in [0.25, 0.3) is 0 Å². The van der Waals surface area contributed by atoms with Crippen LogP contribution < -0.4 is 0 Å². The molecule has 0 heterocycles. The predicted molar refractivity (Wildman–Crippen MR) is 147 cm³/mol. The third kappa shape index (κ3) is 9.14. The van der Waals surface area contributed by atoms with Crippen molar-refractivity contribution in [2.24, 2.45) is 9.98 Å². The topological polar surface area (TPSA) is 77.3 Å². The van der Waals surface area contributed by atoms with E-state index in [9.17, 15) is 9.59 Å². The van der Waals surface area contributed by atoms with E-state index in [4.69, 9.17) is 9.47 Å². The molecule has 0 radical (unpaired) electrons. The van der Waals surface area contributed by atoms with Gasteiger partial charge in [0.2, 0.25) is 0 Å². The van der Waals surface area contributed by atoms with E-state index in [-0.39, 0.29) is 11.9 Å². The van der Waals surface area contributed by atoms with E-state index in [0.717, 1.165) is 11.1 Å². The average Bonchev–Trinajstić information content (AvgIpc) is 2.88. The SMILES string of the molecule is C\C=C/C(=C/C=Nc1cccc(C(=O)OCC)c1)C(/C=C\C)=C/C=Nc1cccc(C(=O)OCC)c1. The molecule has 2 aromatic rings. The molecule has 0 bridgehead atoms. The first-order valence-electron chi connectivity index (χ1n) is 11.8. The summed E-state index contributed by atoms with van der Waals surface area (Å²) < 4.78 is 10.1. The lowest BCUT2D eigenvalue weighted by Crippen LogP contribution is -2.03. The zero-order chi connectivity index (χ0) is 26.2. The summed E-state index contributed by atoms with van der Waals surface area (Å²) >= 11 is 0. The highest BCUT2D eigenvalue weighted by atomic mass is 16.5. The van der Waals surface area contributed by atoms with Crippen molar-refractivity contribution in [1.29, 1.82) is 0 Å². The van der Waals surface area contributed by atoms with Gasteiger partial charge in [0.15, 0.2) is 0 Å². The Bertz CT molecular complexity index is 1120. The predicted octanol–water partition coefficient (Wildman–Crippen LogP) is 7.15. The Balaban J connectivity index is 2.27. The van der Waals surface area contributed by atoms with Crippen molar-refractivity contribution in [3.63, 3.8) is 0 Å². The Morgan fingerprint density at radius 3 is 1.50 bits per heavy atom. The van der Waals surface area contributed by atoms with Gasteiger partial charge in [-0.15, -0.1) is 0 Å². The molecule has 6 nitrogen and oxygen atoms in total. The number of allylic oxidation sites excluding steroid dienone is 8. The molecule has 0 amide bonds. The van der Waals surface area contributed by atoms with Crippen LogP contribution in [0.25, 0.3) is 0 Å². The van der Waals surface area contributed by atoms with Crippen LogP contribution in [0.3, 0.4) is 0 Å². The number of hydrogen-bond donors (Lipinski definition) is 0. The second-order valence-electron chi connectivity index (χ2n) is 7.34. The van der Waals surface area contributed by atoms with Crippen molar-refractivity contribution < 1.29 is 19.1 Å². The molecule has 0 saturated carbocycles. The zero-order valence-corrected chi connectivity index (χ0v) is 21.2. The monoisotopic (exact) mass is 484 g/mol. The van der Waals surface area contributed by atoms with Gasteiger partial charge in [0, 0.05) is 12.4 Å². The van der Waals surface area contributed by atoms with Crippen molar-refractivity contribution in [1.82, 2.24) is 0 Å². The molecule has 2 aromatic carbocycles. The normalized spacial score (nSPS) is 12.8. The van der Waals surface area contributed by atoms with Crippen LogP contribution in [-0.4, -0.2) is 37.6 Å². The third-order valence-electron chi connectivity index (χ3n) is 4.70. The Labute approximate surface area is 213 Å². The van der Waals surface area contributed by atoms with E-state index in [0.29, 0.717) is 35.7 Å². The van der Waals surface area contributed by atoms with Gasteiger partial charge in [-0.3, -0.25) is 9.98 Å². The summed E-state index contributed by atoms with van der Waals surface area (Å²) in [5.41, 5.74) is 4.07. The minimum absolute atomic E-state index is 0.321. The number of benzene rings is 2. The molecule has 186 valence electrons. The number of carbonyl (C=O) groups excluding carboxylic acids is 2. The summed E-state index contributed by atoms with van der Waals surface area (Å²) in [5.74, 6) is -0.741. The number of nitrogens with zero attached hydrogens (tertiary/aromatic N) is 2. The molecule has 6 heteroatoms. The van der Waals surface area contributed by atoms with Crippen LogP contribution in [0.4, 0.5) is 11.4 Å². The molecule has 0 aliphatic carbocycles. The van der Waals surface area contributed by atoms with E-state index >= 15 is 0 Å². The molecule has 0 spiro atoms. The number of aliphatic imine (C=N–C) groups is 2. The lowest BCUT2D eigenvalue weighted by atomic mass is 10.0. The fourth-order valence-corrected chi connectivity index (χ4v) is 3.12. The molecule has 0 unspecified atom stereocenters. The van der Waals surface area contributed by atoms with Gasteiger partial charge in [0.1, 0.15) is 0 Å². The zero-order valence-electron chi connectivity index (χ0n) is 21.2. The first kappa shape index (κ1) is 27.9. The van der Waals surface area contributed by atoms with Gasteiger partial charge in [-0.25, -0.2) is 9.59 Å². The summed E-state index contributed by atoms with van der Waals surface area (Å²) in [6.45, 7) is 8.07. The van der Waals surface area contributed by atoms with Crippen molar-refractivity contribution in [3.05, 3.63) is 107 Å². The molecule has 0 aliphatic rings. The quantitative estimate of drug-likeness (QED) is 0.193. The van der Waals surface area contributed by atoms with Gasteiger partial charge in [-0.2, -0.15) is 0 Å². The van der Waals surface area contributed by atoms with E-state index in [1.807, 2.05) is 62.4 Å². The second-order valence-corrected chi connectivity index (χ2v) is 7.34. The maximum absolute atomic E-state index is 12.0. The summed E-state index contributed by atoms with van der Waals surface area (Å²) in [5, 5.41) is 0. The number of ether oxygens (including phenoxy) is 2. The molecule has 2 rings (SSSR count). The maximum Gasteiger partial charge on any atom is 0.338 e. The molecule has 0 aliphatic heterocycles. The standard InChI is InChI=1S/C30H32N2O4/c1-5-11-23(17-19-31-27-15-9-13-25(21-27)29(33)35-7-3)24(12-6-2)18-20-32-28-16-10-14-26(22-28)30(34)36-8-4/h5-6,9-22H,7-8H2,1-4H3/b11-5-,12-6-,23-17-,24-18+,31-19?,32-20?. The summed E-state index contributed by atoms with van der Waals surface area (Å²) in [6.07, 6.45) is 15.0. The number of rotatable bonds is 11. The molecule has 36 heavy (non-hydrogen) atoms. The van der Waals surface area contributed by atoms with Crippen LogP contribution in [0.2, 0.25) is 0 Å². The first-order chi connectivity index (χ1) is 17.5. The molecule has 0 N–H and O–H groups in total. The molecule has 0 aromatic heterocycles. The van der Waals surface area contributed by atoms with E-state index in [2.05, 4.69) is 9.98 Å². The smallest absolute Gasteiger partial charge is 0.338 e. The number of esters is 2. The van der Waals surface area contributed by atoms with Crippen molar-refractivity contribution in [2.45, 2.75) is 27.7 Å². The molecular formula is C30H32N2O4. The van der Waals surface area contributed by atoms with Gasteiger partial charge in [-0.1, -0.05) is 36.4 Å². The highest BCUT2D eigenvalue weighted by Crippen LogP contribution is 2.18. The molecule has 0 saturated heterocycles. The van der Waals surface area contributed by atoms with Crippen molar-refractivity contribution >= 4 is 35.7 Å². The number of hydrogen-bond acceptors (Lipinski definition) is 6. The van der Waals surface area contributed by atoms with E-state index < -0.39 is 0 Å². The fraction of sp³-hybridized carbons (Fsp3) is 0.200. The maximum atomic E-state index is 12.0. The largest absolute Gasteiger partial charge is 0.462 e. The van der Waals surface area contributed by atoms with Crippen LogP contribution >= 0.6 is 0 Å². The van der Waals surface area contributed by atoms with Crippen LogP contribution in [-0.2, 0) is 9.47 Å². The highest BCUT2D eigenvalue weighted by molar-refractivity contribution is 5.91. The van der Waals surface area contributed by atoms with Crippen LogP contribution in [0.5, 0.6) is 0 Å². The van der Waals surface area contributed by atoms with Gasteiger partial charge in [0.05, 0.1) is 35.7 Å². The van der Waals surface area contributed by atoms with Gasteiger partial charge in [-0.05, 0) is 87.4 Å². The average molecular weight is 485 g/mol. The summed E-state index contributed by atoms with van der Waals surface area (Å²) in [6, 6.07) is 14.0. The van der Waals surface area contributed by atoms with Gasteiger partial charge < -0.3 is 9.47 Å². The van der Waals surface area contributed by atoms with Crippen LogP contribution in [0.15, 0.2) is 106 Å². The van der Waals surface area contributed by atoms with Crippen LogP contribution in [0, 0.1) is 0 Å². The lowest BCUT2D eigenvalue weighted by Gasteiger charge is -2.03. The fourth-order valence-electron chi connectivity index (χ4n) is 3.12. The minimum Gasteiger partial charge on any atom is -0.462 e. The molecule has 0 atom stereocenters. The van der Waals surface area contributed by atoms with Crippen LogP contribution in [0.1, 0.15) is 48.4 Å². The van der Waals surface area contributed by atoms with Crippen molar-refractivity contribution in [3.8, 4) is 0 Å². The minimum atomic E-state index is -0.370. The summed E-state index contributed by atoms with van der Waals surface area (Å²) in [4.78, 5) is 32.9. The lowest BCUT2D eigenvalue weighted by molar-refractivity contribution is 0.0517. The molecule has 0 fully saturated rings. The Morgan fingerprint density at radius 2 is 1.14 bits per heavy atom. The van der Waals surface area contributed by atoms with E-state index in [1.165, 1.54) is 0 Å². The highest BCUT2D eigenvalue weighted by Gasteiger charge is 2.07. The molecular weight excluding hydrogens is 452 g/mol. The Hall–Kier alpha value is -4.32. The Morgan fingerprint density at radius 1 is 0.722 bits per heavy atom. The number of carbonyl (C=O) groups is 2. The summed E-state index contributed by atoms with van der Waals surface area (Å²) in [7, 11) is 0. The van der Waals surface area contributed by atoms with E-state index in [1.54, 1.807) is 62.7 Å². The van der Waals surface area contributed by atoms with Crippen molar-refractivity contribution in [2.75, 3.05) is 13.2 Å². The first-order valence-corrected chi connectivity index (χ1v) is 11.8. The Kier molecular flexibility index (Phi) is 12.1. The van der Waals surface area contributed by atoms with Gasteiger partial charge >= 0.3 is 11.9 Å².